The lowest BCUT2D eigenvalue weighted by Crippen LogP contribution is -2.43. The summed E-state index contributed by atoms with van der Waals surface area (Å²) in [5.74, 6) is -2.12. The smallest absolute Gasteiger partial charge is 0.333 e. The van der Waals surface area contributed by atoms with Crippen LogP contribution in [0.1, 0.15) is 32.4 Å². The van der Waals surface area contributed by atoms with Gasteiger partial charge in [0.25, 0.3) is 0 Å². The number of nitrogens with one attached hydrogen (secondary N) is 1. The summed E-state index contributed by atoms with van der Waals surface area (Å²) >= 11 is 0. The third-order valence-corrected chi connectivity index (χ3v) is 3.08. The molecule has 0 radical (unpaired) electrons. The van der Waals surface area contributed by atoms with Crippen molar-refractivity contribution < 1.29 is 23.5 Å². The molecule has 1 rings (SSSR count). The molecule has 0 bridgehead atoms. The zero-order valence-corrected chi connectivity index (χ0v) is 14.8. The fraction of sp³-hybridized carbons (Fsp3) is 0.389. The summed E-state index contributed by atoms with van der Waals surface area (Å²) in [6.45, 7) is 8.18. The van der Waals surface area contributed by atoms with Crippen LogP contribution in [0.5, 0.6) is 0 Å². The molecule has 0 aliphatic heterocycles. The first kappa shape index (κ1) is 20.3. The van der Waals surface area contributed by atoms with Crippen LogP contribution in [0.2, 0.25) is 0 Å². The number of carbonyl (C=O) groups is 3. The number of hydrogen-bond donors (Lipinski definition) is 1. The highest BCUT2D eigenvalue weighted by Crippen LogP contribution is 2.19. The molecule has 1 N–H and O–H groups in total. The molecule has 1 unspecified atom stereocenters. The number of rotatable bonds is 6. The van der Waals surface area contributed by atoms with Crippen LogP contribution in [0.25, 0.3) is 0 Å². The van der Waals surface area contributed by atoms with Crippen LogP contribution in [0, 0.1) is 5.82 Å². The summed E-state index contributed by atoms with van der Waals surface area (Å²) in [7, 11) is 1.43. The van der Waals surface area contributed by atoms with E-state index in [2.05, 4.69) is 11.9 Å². The van der Waals surface area contributed by atoms with E-state index in [1.165, 1.54) is 31.3 Å². The van der Waals surface area contributed by atoms with E-state index < -0.39 is 35.2 Å². The Balaban J connectivity index is 2.96. The molecule has 0 spiro atoms. The number of halogens is 1. The van der Waals surface area contributed by atoms with Gasteiger partial charge in [0.05, 0.1) is 6.54 Å². The molecule has 0 aliphatic carbocycles. The topological polar surface area (TPSA) is 75.7 Å². The molecule has 0 fully saturated rings. The second-order valence-corrected chi connectivity index (χ2v) is 6.48. The van der Waals surface area contributed by atoms with Crippen molar-refractivity contribution in [2.75, 3.05) is 13.6 Å². The molecule has 6 nitrogen and oxygen atoms in total. The fourth-order valence-electron chi connectivity index (χ4n) is 1.95. The minimum Gasteiger partial charge on any atom is -0.458 e. The van der Waals surface area contributed by atoms with Crippen molar-refractivity contribution in [2.45, 2.75) is 32.4 Å². The van der Waals surface area contributed by atoms with E-state index in [4.69, 9.17) is 4.74 Å². The predicted octanol–water partition coefficient (Wildman–Crippen LogP) is 1.97. The highest BCUT2D eigenvalue weighted by molar-refractivity contribution is 5.92. The van der Waals surface area contributed by atoms with Crippen LogP contribution in [-0.4, -0.2) is 41.9 Å². The predicted molar refractivity (Wildman–Crippen MR) is 91.0 cm³/mol. The van der Waals surface area contributed by atoms with Gasteiger partial charge >= 0.3 is 5.97 Å². The molecule has 0 saturated carbocycles. The van der Waals surface area contributed by atoms with Gasteiger partial charge in [-0.05, 0) is 44.5 Å². The monoisotopic (exact) mass is 350 g/mol. The van der Waals surface area contributed by atoms with Crippen LogP contribution < -0.4 is 5.32 Å². The summed E-state index contributed by atoms with van der Waals surface area (Å²) in [5, 5.41) is 2.52. The molecular formula is C18H23FN2O4. The van der Waals surface area contributed by atoms with E-state index in [0.29, 0.717) is 5.56 Å². The summed E-state index contributed by atoms with van der Waals surface area (Å²) in [6, 6.07) is 4.05. The number of benzene rings is 1. The van der Waals surface area contributed by atoms with Gasteiger partial charge in [-0.2, -0.15) is 0 Å². The Morgan fingerprint density at radius 2 is 1.84 bits per heavy atom. The van der Waals surface area contributed by atoms with Crippen molar-refractivity contribution in [2.24, 2.45) is 0 Å². The highest BCUT2D eigenvalue weighted by atomic mass is 19.1. The van der Waals surface area contributed by atoms with Crippen molar-refractivity contribution in [1.82, 2.24) is 10.2 Å². The molecular weight excluding hydrogens is 327 g/mol. The molecule has 0 aliphatic rings. The molecule has 2 amide bonds. The maximum atomic E-state index is 13.1. The summed E-state index contributed by atoms with van der Waals surface area (Å²) in [4.78, 5) is 37.2. The van der Waals surface area contributed by atoms with Gasteiger partial charge in [-0.25, -0.2) is 9.18 Å². The average molecular weight is 350 g/mol. The van der Waals surface area contributed by atoms with Crippen LogP contribution in [0.3, 0.4) is 0 Å². The van der Waals surface area contributed by atoms with Gasteiger partial charge in [0.2, 0.25) is 11.8 Å². The standard InChI is InChI=1S/C18H23FN2O4/c1-6-15(23)21(5)11-14(22)20-16(17(24)25-18(2,3)4)12-7-9-13(19)10-8-12/h6-10,16H,1,11H2,2-5H3,(H,20,22). The fourth-order valence-corrected chi connectivity index (χ4v) is 1.95. The van der Waals surface area contributed by atoms with Crippen LogP contribution in [-0.2, 0) is 19.1 Å². The van der Waals surface area contributed by atoms with Crippen molar-refractivity contribution >= 4 is 17.8 Å². The van der Waals surface area contributed by atoms with Gasteiger partial charge < -0.3 is 15.0 Å². The number of hydrogen-bond acceptors (Lipinski definition) is 4. The minimum atomic E-state index is -1.11. The summed E-state index contributed by atoms with van der Waals surface area (Å²) in [5.41, 5.74) is -0.378. The average Bonchev–Trinajstić information content (AvgIpc) is 2.51. The maximum Gasteiger partial charge on any atom is 0.333 e. The molecule has 136 valence electrons. The third kappa shape index (κ3) is 6.74. The zero-order valence-electron chi connectivity index (χ0n) is 14.8. The minimum absolute atomic E-state index is 0.259. The second kappa shape index (κ2) is 8.41. The van der Waals surface area contributed by atoms with Crippen molar-refractivity contribution in [3.05, 3.63) is 48.3 Å². The van der Waals surface area contributed by atoms with Crippen LogP contribution in [0.4, 0.5) is 4.39 Å². The molecule has 25 heavy (non-hydrogen) atoms. The number of carbonyl (C=O) groups excluding carboxylic acids is 3. The number of esters is 1. The maximum absolute atomic E-state index is 13.1. The van der Waals surface area contributed by atoms with Gasteiger partial charge in [-0.3, -0.25) is 9.59 Å². The molecule has 0 heterocycles. The quantitative estimate of drug-likeness (QED) is 0.629. The highest BCUT2D eigenvalue weighted by Gasteiger charge is 2.28. The Labute approximate surface area is 146 Å². The Morgan fingerprint density at radius 3 is 2.32 bits per heavy atom. The van der Waals surface area contributed by atoms with E-state index >= 15 is 0 Å². The molecule has 1 aromatic rings. The molecule has 1 atom stereocenters. The van der Waals surface area contributed by atoms with Gasteiger partial charge in [0.15, 0.2) is 6.04 Å². The lowest BCUT2D eigenvalue weighted by molar-refractivity contribution is -0.159. The molecule has 0 saturated heterocycles. The van der Waals surface area contributed by atoms with Crippen LogP contribution in [0.15, 0.2) is 36.9 Å². The third-order valence-electron chi connectivity index (χ3n) is 3.08. The Kier molecular flexibility index (Phi) is 6.85. The van der Waals surface area contributed by atoms with Gasteiger partial charge in [0, 0.05) is 7.05 Å². The van der Waals surface area contributed by atoms with E-state index in [-0.39, 0.29) is 6.54 Å². The van der Waals surface area contributed by atoms with Crippen molar-refractivity contribution in [1.29, 1.82) is 0 Å². The van der Waals surface area contributed by atoms with Gasteiger partial charge in [0.1, 0.15) is 11.4 Å². The first-order chi connectivity index (χ1) is 11.5. The van der Waals surface area contributed by atoms with Gasteiger partial charge in [-0.1, -0.05) is 18.7 Å². The Morgan fingerprint density at radius 1 is 1.28 bits per heavy atom. The van der Waals surface area contributed by atoms with E-state index in [9.17, 15) is 18.8 Å². The molecule has 7 heteroatoms. The van der Waals surface area contributed by atoms with E-state index in [0.717, 1.165) is 11.0 Å². The largest absolute Gasteiger partial charge is 0.458 e. The van der Waals surface area contributed by atoms with Crippen molar-refractivity contribution in [3.63, 3.8) is 0 Å². The lowest BCUT2D eigenvalue weighted by atomic mass is 10.1. The Bertz CT molecular complexity index is 650. The molecule has 0 aromatic heterocycles. The molecule has 1 aromatic carbocycles. The van der Waals surface area contributed by atoms with Gasteiger partial charge in [-0.15, -0.1) is 0 Å². The van der Waals surface area contributed by atoms with Crippen LogP contribution >= 0.6 is 0 Å². The lowest BCUT2D eigenvalue weighted by Gasteiger charge is -2.25. The number of amides is 2. The first-order valence-corrected chi connectivity index (χ1v) is 7.68. The number of likely N-dealkylation sites (N-methyl/N-ethyl adjacent to an activating group) is 1. The summed E-state index contributed by atoms with van der Waals surface area (Å²) < 4.78 is 18.4. The Hall–Kier alpha value is -2.70. The number of nitrogens with zero attached hydrogens (tertiary/aromatic N) is 1. The van der Waals surface area contributed by atoms with E-state index in [1.54, 1.807) is 20.8 Å². The SMILES string of the molecule is C=CC(=O)N(C)CC(=O)NC(C(=O)OC(C)(C)C)c1ccc(F)cc1. The second-order valence-electron chi connectivity index (χ2n) is 6.48. The zero-order chi connectivity index (χ0) is 19.2. The van der Waals surface area contributed by atoms with E-state index in [1.807, 2.05) is 0 Å². The normalized spacial score (nSPS) is 12.0. The van der Waals surface area contributed by atoms with Crippen molar-refractivity contribution in [3.8, 4) is 0 Å². The number of ether oxygens (including phenoxy) is 1. The first-order valence-electron chi connectivity index (χ1n) is 7.68. The summed E-state index contributed by atoms with van der Waals surface area (Å²) in [6.07, 6.45) is 1.08.